The second-order valence-electron chi connectivity index (χ2n) is 9.86. The number of nitrogens with zero attached hydrogens (tertiary/aromatic N) is 6. The van der Waals surface area contributed by atoms with E-state index in [2.05, 4.69) is 20.5 Å². The van der Waals surface area contributed by atoms with Crippen molar-refractivity contribution < 1.29 is 9.53 Å². The van der Waals surface area contributed by atoms with Crippen molar-refractivity contribution in [3.63, 3.8) is 0 Å². The maximum atomic E-state index is 13.4. The van der Waals surface area contributed by atoms with E-state index in [9.17, 15) is 9.59 Å². The molecule has 0 bridgehead atoms. The van der Waals surface area contributed by atoms with Crippen LogP contribution in [-0.2, 0) is 20.7 Å². The molecule has 194 valence electrons. The quantitative estimate of drug-likeness (QED) is 0.411. The minimum atomic E-state index is -0.241. The topological polar surface area (TPSA) is 99.2 Å². The number of carbonyl (C=O) groups is 1. The van der Waals surface area contributed by atoms with Crippen LogP contribution in [-0.4, -0.2) is 43.1 Å². The van der Waals surface area contributed by atoms with Crippen LogP contribution in [0.25, 0.3) is 11.0 Å². The van der Waals surface area contributed by atoms with Gasteiger partial charge in [-0.15, -0.1) is 5.10 Å². The van der Waals surface area contributed by atoms with Crippen molar-refractivity contribution in [1.82, 2.24) is 24.1 Å². The van der Waals surface area contributed by atoms with Gasteiger partial charge in [0.15, 0.2) is 0 Å². The number of aryl methyl sites for hydroxylation is 2. The maximum absolute atomic E-state index is 13.4. The Labute approximate surface area is 215 Å². The molecule has 4 aromatic rings. The first-order valence-electron chi connectivity index (χ1n) is 12.7. The Morgan fingerprint density at radius 3 is 2.49 bits per heavy atom. The van der Waals surface area contributed by atoms with E-state index < -0.39 is 0 Å². The zero-order valence-corrected chi connectivity index (χ0v) is 21.8. The maximum Gasteiger partial charge on any atom is 0.328 e. The lowest BCUT2D eigenvalue weighted by Crippen LogP contribution is -2.30. The number of piperidine rings is 1. The molecule has 0 atom stereocenters. The van der Waals surface area contributed by atoms with Crippen LogP contribution in [0.2, 0.25) is 0 Å². The molecule has 10 nitrogen and oxygen atoms in total. The lowest BCUT2D eigenvalue weighted by molar-refractivity contribution is 0.102. The molecule has 0 spiro atoms. The average molecular weight is 504 g/mol. The highest BCUT2D eigenvalue weighted by Crippen LogP contribution is 2.33. The first-order chi connectivity index (χ1) is 17.8. The summed E-state index contributed by atoms with van der Waals surface area (Å²) in [6.45, 7) is 6.16. The van der Waals surface area contributed by atoms with Gasteiger partial charge in [-0.05, 0) is 63.4 Å². The number of imidazole rings is 1. The number of ether oxygens (including phenoxy) is 1. The van der Waals surface area contributed by atoms with E-state index >= 15 is 0 Å². The molecule has 1 aliphatic rings. The molecule has 5 rings (SSSR count). The third-order valence-corrected chi connectivity index (χ3v) is 6.90. The van der Waals surface area contributed by atoms with Gasteiger partial charge in [-0.1, -0.05) is 11.3 Å². The van der Waals surface area contributed by atoms with Crippen LogP contribution in [0, 0.1) is 0 Å². The number of carbonyl (C=O) groups excluding carboxylic acids is 1. The molecule has 1 saturated heterocycles. The molecule has 2 aromatic carbocycles. The van der Waals surface area contributed by atoms with Gasteiger partial charge >= 0.3 is 5.69 Å². The van der Waals surface area contributed by atoms with E-state index in [4.69, 9.17) is 4.74 Å². The van der Waals surface area contributed by atoms with Gasteiger partial charge < -0.3 is 15.0 Å². The predicted octanol–water partition coefficient (Wildman–Crippen LogP) is 3.87. The van der Waals surface area contributed by atoms with Crippen LogP contribution in [0.5, 0.6) is 5.75 Å². The summed E-state index contributed by atoms with van der Waals surface area (Å²) in [5, 5.41) is 11.3. The van der Waals surface area contributed by atoms with Gasteiger partial charge in [-0.25, -0.2) is 9.48 Å². The fraction of sp³-hybridized carbons (Fsp3) is 0.407. The molecular weight excluding hydrogens is 470 g/mol. The van der Waals surface area contributed by atoms with Crippen molar-refractivity contribution >= 4 is 28.3 Å². The molecule has 0 radical (unpaired) electrons. The Bertz CT molecular complexity index is 1490. The van der Waals surface area contributed by atoms with Crippen molar-refractivity contribution in [3.8, 4) is 5.75 Å². The highest BCUT2D eigenvalue weighted by atomic mass is 16.5. The Morgan fingerprint density at radius 2 is 1.78 bits per heavy atom. The zero-order chi connectivity index (χ0) is 26.1. The highest BCUT2D eigenvalue weighted by molar-refractivity contribution is 6.07. The average Bonchev–Trinajstić information content (AvgIpc) is 3.47. The number of fused-ring (bicyclic) bond motifs is 1. The van der Waals surface area contributed by atoms with Crippen molar-refractivity contribution in [1.29, 1.82) is 0 Å². The van der Waals surface area contributed by atoms with E-state index in [1.165, 1.54) is 6.42 Å². The summed E-state index contributed by atoms with van der Waals surface area (Å²) < 4.78 is 10.9. The third-order valence-electron chi connectivity index (χ3n) is 6.90. The van der Waals surface area contributed by atoms with E-state index in [1.54, 1.807) is 46.1 Å². The van der Waals surface area contributed by atoms with E-state index in [0.29, 0.717) is 17.0 Å². The van der Waals surface area contributed by atoms with Gasteiger partial charge in [0.2, 0.25) is 0 Å². The van der Waals surface area contributed by atoms with Crippen LogP contribution in [0.15, 0.2) is 47.4 Å². The van der Waals surface area contributed by atoms with Crippen LogP contribution < -0.4 is 20.6 Å². The Morgan fingerprint density at radius 1 is 1.05 bits per heavy atom. The number of nitrogens with one attached hydrogen (secondary N) is 1. The largest absolute Gasteiger partial charge is 0.487 e. The normalized spacial score (nSPS) is 13.9. The molecule has 10 heteroatoms. The minimum absolute atomic E-state index is 0.0960. The molecule has 1 aliphatic heterocycles. The molecule has 0 saturated carbocycles. The molecule has 1 fully saturated rings. The van der Waals surface area contributed by atoms with Crippen LogP contribution in [0.4, 0.5) is 11.4 Å². The van der Waals surface area contributed by atoms with Crippen molar-refractivity contribution in [2.45, 2.75) is 45.8 Å². The SMILES string of the molecule is CC(C)n1cc(COc2cccc(C(=O)Nc3cc4c(cc3N3CCCCC3)n(C)c(=O)n4C)c2)nn1. The molecule has 37 heavy (non-hydrogen) atoms. The van der Waals surface area contributed by atoms with Crippen molar-refractivity contribution in [2.75, 3.05) is 23.3 Å². The van der Waals surface area contributed by atoms with Crippen molar-refractivity contribution in [2.24, 2.45) is 14.1 Å². The van der Waals surface area contributed by atoms with E-state index in [1.807, 2.05) is 38.2 Å². The molecule has 3 heterocycles. The first-order valence-corrected chi connectivity index (χ1v) is 12.7. The number of benzene rings is 2. The molecule has 1 amide bonds. The smallest absolute Gasteiger partial charge is 0.328 e. The van der Waals surface area contributed by atoms with Crippen molar-refractivity contribution in [3.05, 3.63) is 64.3 Å². The summed E-state index contributed by atoms with van der Waals surface area (Å²) >= 11 is 0. The van der Waals surface area contributed by atoms with Gasteiger partial charge in [0.1, 0.15) is 18.1 Å². The third kappa shape index (κ3) is 4.96. The fourth-order valence-corrected chi connectivity index (χ4v) is 4.74. The summed E-state index contributed by atoms with van der Waals surface area (Å²) in [7, 11) is 3.52. The summed E-state index contributed by atoms with van der Waals surface area (Å²) in [6.07, 6.45) is 5.26. The van der Waals surface area contributed by atoms with Gasteiger partial charge in [0, 0.05) is 38.8 Å². The summed E-state index contributed by atoms with van der Waals surface area (Å²) in [6, 6.07) is 11.2. The highest BCUT2D eigenvalue weighted by Gasteiger charge is 2.20. The van der Waals surface area contributed by atoms with E-state index in [0.717, 1.165) is 48.3 Å². The molecule has 1 N–H and O–H groups in total. The second-order valence-corrected chi connectivity index (χ2v) is 9.86. The Kier molecular flexibility index (Phi) is 6.73. The number of hydrogen-bond donors (Lipinski definition) is 1. The predicted molar refractivity (Wildman–Crippen MR) is 143 cm³/mol. The summed E-state index contributed by atoms with van der Waals surface area (Å²) in [5.41, 5.74) is 4.35. The number of amides is 1. The van der Waals surface area contributed by atoms with Crippen LogP contribution in [0.1, 0.15) is 55.2 Å². The monoisotopic (exact) mass is 503 g/mol. The first kappa shape index (κ1) is 24.6. The number of anilines is 2. The summed E-state index contributed by atoms with van der Waals surface area (Å²) in [5.74, 6) is 0.332. The van der Waals surface area contributed by atoms with E-state index in [-0.39, 0.29) is 24.2 Å². The van der Waals surface area contributed by atoms with Gasteiger partial charge in [0.05, 0.1) is 28.6 Å². The second kappa shape index (κ2) is 10.1. The van der Waals surface area contributed by atoms with Gasteiger partial charge in [-0.3, -0.25) is 13.9 Å². The van der Waals surface area contributed by atoms with Crippen LogP contribution >= 0.6 is 0 Å². The Balaban J connectivity index is 1.40. The fourth-order valence-electron chi connectivity index (χ4n) is 4.74. The zero-order valence-electron chi connectivity index (χ0n) is 21.8. The Hall–Kier alpha value is -4.08. The number of rotatable bonds is 7. The number of hydrogen-bond acceptors (Lipinski definition) is 6. The lowest BCUT2D eigenvalue weighted by Gasteiger charge is -2.30. The van der Waals surface area contributed by atoms with Crippen LogP contribution in [0.3, 0.4) is 0 Å². The van der Waals surface area contributed by atoms with Gasteiger partial charge in [-0.2, -0.15) is 0 Å². The number of aromatic nitrogens is 5. The molecule has 0 unspecified atom stereocenters. The summed E-state index contributed by atoms with van der Waals surface area (Å²) in [4.78, 5) is 28.2. The lowest BCUT2D eigenvalue weighted by atomic mass is 10.1. The molecule has 2 aromatic heterocycles. The standard InChI is InChI=1S/C27H33N7O3/c1-18(2)34-16-20(29-30-34)17-37-21-10-8-9-19(13-21)26(35)28-22-14-24-25(32(4)27(36)31(24)3)15-23(22)33-11-6-5-7-12-33/h8-10,13-16,18H,5-7,11-12,17H2,1-4H3,(H,28,35). The molecule has 0 aliphatic carbocycles. The van der Waals surface area contributed by atoms with Gasteiger partial charge in [0.25, 0.3) is 5.91 Å². The minimum Gasteiger partial charge on any atom is -0.487 e. The molecular formula is C27H33N7O3.